The summed E-state index contributed by atoms with van der Waals surface area (Å²) in [5, 5.41) is 27.4. The van der Waals surface area contributed by atoms with E-state index in [1.165, 1.54) is 19.1 Å². The van der Waals surface area contributed by atoms with Gasteiger partial charge in [0.1, 0.15) is 5.25 Å². The maximum Gasteiger partial charge on any atom is 0.335 e. The lowest BCUT2D eigenvalue weighted by Crippen LogP contribution is -2.11. The second-order valence-electron chi connectivity index (χ2n) is 3.34. The molecule has 0 fully saturated rings. The van der Waals surface area contributed by atoms with Crippen LogP contribution in [-0.2, 0) is 4.79 Å². The topological polar surface area (TPSA) is 118 Å². The maximum atomic E-state index is 10.8. The van der Waals surface area contributed by atoms with Crippen molar-refractivity contribution in [2.75, 3.05) is 0 Å². The largest absolute Gasteiger partial charge is 0.480 e. The van der Waals surface area contributed by atoms with Crippen LogP contribution in [0, 0.1) is 10.1 Å². The Bertz CT molecular complexity index is 515. The van der Waals surface area contributed by atoms with Gasteiger partial charge < -0.3 is 10.2 Å². The van der Waals surface area contributed by atoms with E-state index < -0.39 is 27.8 Å². The third kappa shape index (κ3) is 3.20. The van der Waals surface area contributed by atoms with E-state index in [9.17, 15) is 19.7 Å². The minimum absolute atomic E-state index is 0.125. The van der Waals surface area contributed by atoms with Crippen molar-refractivity contribution in [2.24, 2.45) is 0 Å². The fraction of sp³-hybridized carbons (Fsp3) is 0.200. The molecule has 0 aliphatic rings. The van der Waals surface area contributed by atoms with Crippen LogP contribution in [-0.4, -0.2) is 32.3 Å². The van der Waals surface area contributed by atoms with E-state index in [4.69, 9.17) is 10.2 Å². The fourth-order valence-corrected chi connectivity index (χ4v) is 2.02. The Morgan fingerprint density at radius 1 is 1.39 bits per heavy atom. The number of carbonyl (C=O) groups is 2. The molecule has 96 valence electrons. The van der Waals surface area contributed by atoms with E-state index in [1.54, 1.807) is 0 Å². The number of aliphatic carboxylic acids is 1. The summed E-state index contributed by atoms with van der Waals surface area (Å²) >= 11 is 0.793. The molecule has 0 aliphatic carbocycles. The average Bonchev–Trinajstić information content (AvgIpc) is 2.28. The zero-order chi connectivity index (χ0) is 13.9. The van der Waals surface area contributed by atoms with Gasteiger partial charge in [-0.2, -0.15) is 0 Å². The highest BCUT2D eigenvalue weighted by Gasteiger charge is 2.21. The molecule has 1 aromatic carbocycles. The minimum atomic E-state index is -1.28. The van der Waals surface area contributed by atoms with Crippen LogP contribution in [0.15, 0.2) is 23.1 Å². The molecule has 0 saturated heterocycles. The summed E-state index contributed by atoms with van der Waals surface area (Å²) in [5.74, 6) is -2.38. The van der Waals surface area contributed by atoms with Gasteiger partial charge in [-0.25, -0.2) is 4.79 Å². The van der Waals surface area contributed by atoms with Crippen molar-refractivity contribution in [3.8, 4) is 0 Å². The summed E-state index contributed by atoms with van der Waals surface area (Å²) in [6.45, 7) is 1.39. The molecule has 2 N–H and O–H groups in total. The van der Waals surface area contributed by atoms with Crippen molar-refractivity contribution in [2.45, 2.75) is 17.1 Å². The zero-order valence-corrected chi connectivity index (χ0v) is 10.0. The summed E-state index contributed by atoms with van der Waals surface area (Å²) in [7, 11) is 0. The molecule has 1 atom stereocenters. The van der Waals surface area contributed by atoms with Crippen molar-refractivity contribution in [1.82, 2.24) is 0 Å². The van der Waals surface area contributed by atoms with Gasteiger partial charge in [-0.3, -0.25) is 14.9 Å². The van der Waals surface area contributed by atoms with Gasteiger partial charge in [0.25, 0.3) is 5.69 Å². The molecule has 0 aliphatic heterocycles. The summed E-state index contributed by atoms with van der Waals surface area (Å²) in [5.41, 5.74) is -0.623. The first-order valence-electron chi connectivity index (χ1n) is 4.74. The molecule has 1 rings (SSSR count). The number of hydrogen-bond acceptors (Lipinski definition) is 5. The molecule has 7 nitrogen and oxygen atoms in total. The Kier molecular flexibility index (Phi) is 4.27. The molecule has 18 heavy (non-hydrogen) atoms. The minimum Gasteiger partial charge on any atom is -0.480 e. The highest BCUT2D eigenvalue weighted by molar-refractivity contribution is 8.00. The number of aromatic carboxylic acids is 1. The first-order chi connectivity index (χ1) is 8.32. The Labute approximate surface area is 106 Å². The van der Waals surface area contributed by atoms with Crippen LogP contribution in [0.3, 0.4) is 0 Å². The Hall–Kier alpha value is -2.09. The highest BCUT2D eigenvalue weighted by atomic mass is 32.2. The SMILES string of the molecule is CC(Sc1ccc(C(=O)O)cc1[N+](=O)[O-])C(=O)O. The monoisotopic (exact) mass is 271 g/mol. The second kappa shape index (κ2) is 5.50. The molecule has 0 heterocycles. The van der Waals surface area contributed by atoms with Crippen LogP contribution < -0.4 is 0 Å². The van der Waals surface area contributed by atoms with Gasteiger partial charge in [-0.15, -0.1) is 11.8 Å². The molecule has 0 amide bonds. The van der Waals surface area contributed by atoms with Crippen molar-refractivity contribution in [1.29, 1.82) is 0 Å². The highest BCUT2D eigenvalue weighted by Crippen LogP contribution is 2.32. The smallest absolute Gasteiger partial charge is 0.335 e. The zero-order valence-electron chi connectivity index (χ0n) is 9.19. The lowest BCUT2D eigenvalue weighted by atomic mass is 10.2. The van der Waals surface area contributed by atoms with E-state index in [0.717, 1.165) is 17.8 Å². The van der Waals surface area contributed by atoms with Gasteiger partial charge in [0.2, 0.25) is 0 Å². The number of nitro benzene ring substituents is 1. The van der Waals surface area contributed by atoms with E-state index >= 15 is 0 Å². The summed E-state index contributed by atoms with van der Waals surface area (Å²) in [6, 6.07) is 3.36. The predicted octanol–water partition coefficient (Wildman–Crippen LogP) is 1.86. The first-order valence-corrected chi connectivity index (χ1v) is 5.62. The summed E-state index contributed by atoms with van der Waals surface area (Å²) in [4.78, 5) is 31.6. The van der Waals surface area contributed by atoms with Crippen molar-refractivity contribution in [3.63, 3.8) is 0 Å². The molecule has 0 bridgehead atoms. The number of rotatable bonds is 5. The molecule has 0 spiro atoms. The second-order valence-corrected chi connectivity index (χ2v) is 4.73. The predicted molar refractivity (Wildman–Crippen MR) is 63.0 cm³/mol. The van der Waals surface area contributed by atoms with Gasteiger partial charge in [-0.05, 0) is 19.1 Å². The number of thioether (sulfide) groups is 1. The van der Waals surface area contributed by atoms with Crippen LogP contribution in [0.5, 0.6) is 0 Å². The Balaban J connectivity index is 3.16. The summed E-state index contributed by atoms with van der Waals surface area (Å²) < 4.78 is 0. The third-order valence-electron chi connectivity index (χ3n) is 2.05. The maximum absolute atomic E-state index is 10.8. The van der Waals surface area contributed by atoms with Crippen molar-refractivity contribution < 1.29 is 24.7 Å². The average molecular weight is 271 g/mol. The first kappa shape index (κ1) is 14.0. The number of carboxylic acids is 2. The van der Waals surface area contributed by atoms with Gasteiger partial charge in [0.05, 0.1) is 15.4 Å². The van der Waals surface area contributed by atoms with E-state index in [1.807, 2.05) is 0 Å². The van der Waals surface area contributed by atoms with Crippen molar-refractivity contribution >= 4 is 29.4 Å². The quantitative estimate of drug-likeness (QED) is 0.476. The van der Waals surface area contributed by atoms with Crippen LogP contribution >= 0.6 is 11.8 Å². The number of nitro groups is 1. The standard InChI is InChI=1S/C10H9NO6S/c1-5(9(12)13)18-8-3-2-6(10(14)15)4-7(8)11(16)17/h2-5H,1H3,(H,12,13)(H,14,15). The van der Waals surface area contributed by atoms with E-state index in [0.29, 0.717) is 0 Å². The molecule has 1 unspecified atom stereocenters. The van der Waals surface area contributed by atoms with Crippen molar-refractivity contribution in [3.05, 3.63) is 33.9 Å². The molecule has 1 aromatic rings. The molecular weight excluding hydrogens is 262 g/mol. The summed E-state index contributed by atoms with van der Waals surface area (Å²) in [6.07, 6.45) is 0. The lowest BCUT2D eigenvalue weighted by Gasteiger charge is -2.07. The lowest BCUT2D eigenvalue weighted by molar-refractivity contribution is -0.387. The van der Waals surface area contributed by atoms with Gasteiger partial charge in [0.15, 0.2) is 0 Å². The van der Waals surface area contributed by atoms with Gasteiger partial charge in [-0.1, -0.05) is 0 Å². The van der Waals surface area contributed by atoms with Crippen LogP contribution in [0.1, 0.15) is 17.3 Å². The number of hydrogen-bond donors (Lipinski definition) is 2. The number of benzene rings is 1. The number of nitrogens with zero attached hydrogens (tertiary/aromatic N) is 1. The van der Waals surface area contributed by atoms with E-state index in [-0.39, 0.29) is 10.5 Å². The van der Waals surface area contributed by atoms with Crippen LogP contribution in [0.25, 0.3) is 0 Å². The Morgan fingerprint density at radius 2 is 2.00 bits per heavy atom. The molecule has 0 radical (unpaired) electrons. The molecular formula is C10H9NO6S. The normalized spacial score (nSPS) is 11.8. The number of carboxylic acid groups (broad SMARTS) is 2. The van der Waals surface area contributed by atoms with Gasteiger partial charge in [0, 0.05) is 6.07 Å². The molecule has 0 aromatic heterocycles. The molecule has 8 heteroatoms. The molecule has 0 saturated carbocycles. The van der Waals surface area contributed by atoms with Crippen LogP contribution in [0.4, 0.5) is 5.69 Å². The van der Waals surface area contributed by atoms with Crippen LogP contribution in [0.2, 0.25) is 0 Å². The third-order valence-corrected chi connectivity index (χ3v) is 3.21. The van der Waals surface area contributed by atoms with Gasteiger partial charge >= 0.3 is 11.9 Å². The Morgan fingerprint density at radius 3 is 2.44 bits per heavy atom. The van der Waals surface area contributed by atoms with E-state index in [2.05, 4.69) is 0 Å². The fourth-order valence-electron chi connectivity index (χ4n) is 1.13.